The third-order valence-corrected chi connectivity index (χ3v) is 4.00. The van der Waals surface area contributed by atoms with Gasteiger partial charge < -0.3 is 5.11 Å². The largest absolute Gasteiger partial charge is 0.481 e. The Morgan fingerprint density at radius 1 is 1.35 bits per heavy atom. The first-order valence-corrected chi connectivity index (χ1v) is 7.05. The van der Waals surface area contributed by atoms with Crippen molar-refractivity contribution in [3.05, 3.63) is 55.3 Å². The number of carboxylic acid groups (broad SMARTS) is 1. The van der Waals surface area contributed by atoms with Crippen LogP contribution in [0.3, 0.4) is 0 Å². The Labute approximate surface area is 129 Å². The van der Waals surface area contributed by atoms with Gasteiger partial charge >= 0.3 is 11.7 Å². The number of carbonyl (C=O) groups is 1. The molecule has 0 fully saturated rings. The number of carboxylic acids is 1. The number of hydrogen-bond acceptors (Lipinski definition) is 3. The molecule has 0 aliphatic rings. The molecule has 0 saturated heterocycles. The van der Waals surface area contributed by atoms with Crippen LogP contribution in [0.15, 0.2) is 29.1 Å². The number of aromatic nitrogens is 2. The zero-order chi connectivity index (χ0) is 14.9. The molecule has 0 bridgehead atoms. The number of hydrogen-bond donors (Lipinski definition) is 1. The molecule has 0 spiro atoms. The maximum atomic E-state index is 12.2. The first-order valence-electron chi connectivity index (χ1n) is 5.97. The van der Waals surface area contributed by atoms with Gasteiger partial charge in [0.15, 0.2) is 0 Å². The van der Waals surface area contributed by atoms with Gasteiger partial charge in [0, 0.05) is 20.5 Å². The second kappa shape index (κ2) is 5.74. The third kappa shape index (κ3) is 2.74. The van der Waals surface area contributed by atoms with Crippen molar-refractivity contribution < 1.29 is 9.90 Å². The number of para-hydroxylation sites is 1. The minimum Gasteiger partial charge on any atom is -0.481 e. The average molecular weight is 384 g/mol. The lowest BCUT2D eigenvalue weighted by Gasteiger charge is -2.15. The lowest BCUT2D eigenvalue weighted by Crippen LogP contribution is -2.27. The SMILES string of the molecule is Cc1nc(=O)n(-c2ccccc2I)c(C)c1CC(=O)O. The van der Waals surface area contributed by atoms with Gasteiger partial charge in [-0.15, -0.1) is 0 Å². The van der Waals surface area contributed by atoms with Crippen molar-refractivity contribution in [1.29, 1.82) is 0 Å². The zero-order valence-electron chi connectivity index (χ0n) is 11.1. The number of nitrogens with zero attached hydrogens (tertiary/aromatic N) is 2. The predicted molar refractivity (Wildman–Crippen MR) is 83.4 cm³/mol. The normalized spacial score (nSPS) is 10.6. The lowest BCUT2D eigenvalue weighted by molar-refractivity contribution is -0.136. The minimum absolute atomic E-state index is 0.144. The second-order valence-corrected chi connectivity index (χ2v) is 5.56. The molecule has 6 heteroatoms. The maximum Gasteiger partial charge on any atom is 0.352 e. The van der Waals surface area contributed by atoms with E-state index in [0.29, 0.717) is 17.0 Å². The Hall–Kier alpha value is -1.70. The summed E-state index contributed by atoms with van der Waals surface area (Å²) in [6, 6.07) is 7.42. The quantitative estimate of drug-likeness (QED) is 0.823. The fourth-order valence-electron chi connectivity index (χ4n) is 2.13. The highest BCUT2D eigenvalue weighted by Crippen LogP contribution is 2.19. The van der Waals surface area contributed by atoms with Crippen molar-refractivity contribution in [2.75, 3.05) is 0 Å². The van der Waals surface area contributed by atoms with Crippen molar-refractivity contribution >= 4 is 28.6 Å². The van der Waals surface area contributed by atoms with Gasteiger partial charge in [-0.25, -0.2) is 4.79 Å². The van der Waals surface area contributed by atoms with Gasteiger partial charge in [0.2, 0.25) is 0 Å². The van der Waals surface area contributed by atoms with Gasteiger partial charge in [0.25, 0.3) is 0 Å². The van der Waals surface area contributed by atoms with Crippen LogP contribution < -0.4 is 5.69 Å². The third-order valence-electron chi connectivity index (χ3n) is 3.08. The minimum atomic E-state index is -0.939. The number of benzene rings is 1. The molecular formula is C14H13IN2O3. The summed E-state index contributed by atoms with van der Waals surface area (Å²) in [5.74, 6) is -0.939. The lowest BCUT2D eigenvalue weighted by atomic mass is 10.1. The Morgan fingerprint density at radius 2 is 2.00 bits per heavy atom. The molecule has 0 aliphatic carbocycles. The zero-order valence-corrected chi connectivity index (χ0v) is 13.2. The number of rotatable bonds is 3. The standard InChI is InChI=1S/C14H13IN2O3/c1-8-10(7-13(18)19)9(2)17(14(20)16-8)12-6-4-3-5-11(12)15/h3-6H,7H2,1-2H3,(H,18,19). The smallest absolute Gasteiger partial charge is 0.352 e. The summed E-state index contributed by atoms with van der Waals surface area (Å²) in [6.45, 7) is 3.41. The van der Waals surface area contributed by atoms with E-state index in [9.17, 15) is 9.59 Å². The van der Waals surface area contributed by atoms with E-state index in [2.05, 4.69) is 27.6 Å². The van der Waals surface area contributed by atoms with E-state index in [1.54, 1.807) is 13.8 Å². The molecule has 0 aliphatic heterocycles. The summed E-state index contributed by atoms with van der Waals surface area (Å²) in [4.78, 5) is 27.1. The highest BCUT2D eigenvalue weighted by molar-refractivity contribution is 14.1. The Morgan fingerprint density at radius 3 is 2.60 bits per heavy atom. The first-order chi connectivity index (χ1) is 9.41. The molecule has 104 valence electrons. The number of aliphatic carboxylic acids is 1. The summed E-state index contributed by atoms with van der Waals surface area (Å²) < 4.78 is 2.37. The number of aryl methyl sites for hydroxylation is 1. The van der Waals surface area contributed by atoms with Crippen molar-refractivity contribution in [3.8, 4) is 5.69 Å². The summed E-state index contributed by atoms with van der Waals surface area (Å²) in [5, 5.41) is 8.98. The van der Waals surface area contributed by atoms with E-state index in [1.807, 2.05) is 24.3 Å². The Bertz CT molecular complexity index is 738. The first kappa shape index (κ1) is 14.7. The molecule has 2 aromatic rings. The van der Waals surface area contributed by atoms with Crippen molar-refractivity contribution in [1.82, 2.24) is 9.55 Å². The number of halogens is 1. The molecule has 1 heterocycles. The maximum absolute atomic E-state index is 12.2. The van der Waals surface area contributed by atoms with Crippen LogP contribution in [0.2, 0.25) is 0 Å². The van der Waals surface area contributed by atoms with Gasteiger partial charge in [-0.2, -0.15) is 4.98 Å². The van der Waals surface area contributed by atoms with Crippen LogP contribution in [0.5, 0.6) is 0 Å². The monoisotopic (exact) mass is 384 g/mol. The average Bonchev–Trinajstić information content (AvgIpc) is 2.36. The van der Waals surface area contributed by atoms with Crippen molar-refractivity contribution in [3.63, 3.8) is 0 Å². The fraction of sp³-hybridized carbons (Fsp3) is 0.214. The predicted octanol–water partition coefficient (Wildman–Crippen LogP) is 2.08. The summed E-state index contributed by atoms with van der Waals surface area (Å²) in [7, 11) is 0. The molecule has 2 rings (SSSR count). The van der Waals surface area contributed by atoms with E-state index in [0.717, 1.165) is 9.26 Å². The van der Waals surface area contributed by atoms with Crippen LogP contribution in [0.4, 0.5) is 0 Å². The van der Waals surface area contributed by atoms with Crippen LogP contribution in [0.25, 0.3) is 5.69 Å². The Kier molecular flexibility index (Phi) is 4.22. The van der Waals surface area contributed by atoms with Crippen molar-refractivity contribution in [2.24, 2.45) is 0 Å². The van der Waals surface area contributed by atoms with E-state index in [-0.39, 0.29) is 6.42 Å². The molecule has 0 amide bonds. The van der Waals surface area contributed by atoms with Crippen LogP contribution in [-0.4, -0.2) is 20.6 Å². The van der Waals surface area contributed by atoms with Gasteiger partial charge in [0.05, 0.1) is 12.1 Å². The van der Waals surface area contributed by atoms with Crippen LogP contribution in [0, 0.1) is 17.4 Å². The van der Waals surface area contributed by atoms with E-state index >= 15 is 0 Å². The molecule has 0 atom stereocenters. The molecule has 5 nitrogen and oxygen atoms in total. The topological polar surface area (TPSA) is 72.2 Å². The van der Waals surface area contributed by atoms with Crippen LogP contribution >= 0.6 is 22.6 Å². The molecule has 0 unspecified atom stereocenters. The Balaban J connectivity index is 2.74. The molecule has 0 radical (unpaired) electrons. The highest BCUT2D eigenvalue weighted by Gasteiger charge is 2.16. The van der Waals surface area contributed by atoms with E-state index < -0.39 is 11.7 Å². The molecule has 1 aromatic carbocycles. The molecule has 20 heavy (non-hydrogen) atoms. The van der Waals surface area contributed by atoms with Gasteiger partial charge in [-0.1, -0.05) is 12.1 Å². The fourth-order valence-corrected chi connectivity index (χ4v) is 2.75. The van der Waals surface area contributed by atoms with E-state index in [4.69, 9.17) is 5.11 Å². The van der Waals surface area contributed by atoms with E-state index in [1.165, 1.54) is 4.57 Å². The second-order valence-electron chi connectivity index (χ2n) is 4.40. The molecule has 1 aromatic heterocycles. The van der Waals surface area contributed by atoms with Crippen LogP contribution in [-0.2, 0) is 11.2 Å². The highest BCUT2D eigenvalue weighted by atomic mass is 127. The molecule has 0 saturated carbocycles. The summed E-state index contributed by atoms with van der Waals surface area (Å²) in [5.41, 5.74) is 2.00. The molecule has 1 N–H and O–H groups in total. The van der Waals surface area contributed by atoms with Crippen molar-refractivity contribution in [2.45, 2.75) is 20.3 Å². The van der Waals surface area contributed by atoms with Gasteiger partial charge in [-0.05, 0) is 48.6 Å². The van der Waals surface area contributed by atoms with Gasteiger partial charge in [0.1, 0.15) is 0 Å². The summed E-state index contributed by atoms with van der Waals surface area (Å²) in [6.07, 6.45) is -0.144. The molecular weight excluding hydrogens is 371 g/mol. The summed E-state index contributed by atoms with van der Waals surface area (Å²) >= 11 is 2.14. The van der Waals surface area contributed by atoms with Crippen LogP contribution in [0.1, 0.15) is 17.0 Å². The van der Waals surface area contributed by atoms with Gasteiger partial charge in [-0.3, -0.25) is 9.36 Å².